The zero-order valence-corrected chi connectivity index (χ0v) is 26.3. The molecular formula is C35H51N3O3. The lowest BCUT2D eigenvalue weighted by molar-refractivity contribution is -0.107. The minimum Gasteiger partial charge on any atom is -0.508 e. The first-order valence-electron chi connectivity index (χ1n) is 14.0. The molecule has 0 aliphatic carbocycles. The highest BCUT2D eigenvalue weighted by atomic mass is 16.3. The van der Waals surface area contributed by atoms with Gasteiger partial charge >= 0.3 is 0 Å². The molecule has 0 radical (unpaired) electrons. The van der Waals surface area contributed by atoms with Gasteiger partial charge in [0.15, 0.2) is 0 Å². The molecule has 0 saturated heterocycles. The summed E-state index contributed by atoms with van der Waals surface area (Å²) in [6, 6.07) is 12.4. The maximum absolute atomic E-state index is 12.4. The zero-order valence-electron chi connectivity index (χ0n) is 26.3. The summed E-state index contributed by atoms with van der Waals surface area (Å²) in [5.41, 5.74) is 2.84. The van der Waals surface area contributed by atoms with Crippen molar-refractivity contribution in [2.24, 2.45) is 0 Å². The van der Waals surface area contributed by atoms with Crippen molar-refractivity contribution in [1.29, 1.82) is 0 Å². The van der Waals surface area contributed by atoms with Gasteiger partial charge in [0.05, 0.1) is 12.2 Å². The number of phenolic OH excluding ortho intramolecular Hbond substituents is 1. The van der Waals surface area contributed by atoms with Crippen LogP contribution in [0.25, 0.3) is 0 Å². The molecule has 0 bridgehead atoms. The van der Waals surface area contributed by atoms with E-state index in [-0.39, 0.29) is 11.7 Å². The summed E-state index contributed by atoms with van der Waals surface area (Å²) in [5, 5.41) is 10.5. The van der Waals surface area contributed by atoms with Gasteiger partial charge in [-0.15, -0.1) is 25.5 Å². The quantitative estimate of drug-likeness (QED) is 0.157. The van der Waals surface area contributed by atoms with Crippen molar-refractivity contribution in [2.75, 3.05) is 31.6 Å². The first-order valence-corrected chi connectivity index (χ1v) is 14.0. The van der Waals surface area contributed by atoms with Crippen molar-refractivity contribution in [1.82, 2.24) is 9.80 Å². The summed E-state index contributed by atoms with van der Waals surface area (Å²) in [4.78, 5) is 29.8. The van der Waals surface area contributed by atoms with Crippen LogP contribution in [0.5, 0.6) is 5.75 Å². The average molecular weight is 562 g/mol. The van der Waals surface area contributed by atoms with E-state index < -0.39 is 0 Å². The molecule has 2 aromatic rings. The molecule has 0 atom stereocenters. The van der Waals surface area contributed by atoms with Crippen LogP contribution in [0.3, 0.4) is 0 Å². The topological polar surface area (TPSA) is 64.1 Å². The van der Waals surface area contributed by atoms with Crippen molar-refractivity contribution in [3.05, 3.63) is 96.6 Å². The minimum atomic E-state index is -0.0851. The number of nitrogens with zero attached hydrogens (tertiary/aromatic N) is 3. The second-order valence-electron chi connectivity index (χ2n) is 8.58. The van der Waals surface area contributed by atoms with Gasteiger partial charge in [-0.1, -0.05) is 63.3 Å². The molecule has 0 saturated carbocycles. The number of hydrogen-bond donors (Lipinski definition) is 1. The smallest absolute Gasteiger partial charge is 0.253 e. The number of terminal acetylenes is 1. The molecule has 224 valence electrons. The van der Waals surface area contributed by atoms with E-state index >= 15 is 0 Å². The Bertz CT molecular complexity index is 1080. The third-order valence-electron chi connectivity index (χ3n) is 5.68. The number of likely N-dealkylation sites (N-methyl/N-ethyl adjacent to an activating group) is 1. The predicted molar refractivity (Wildman–Crippen MR) is 176 cm³/mol. The lowest BCUT2D eigenvalue weighted by Crippen LogP contribution is -2.27. The van der Waals surface area contributed by atoms with Crippen LogP contribution in [-0.2, 0) is 17.9 Å². The van der Waals surface area contributed by atoms with Crippen LogP contribution in [0.15, 0.2) is 79.9 Å². The van der Waals surface area contributed by atoms with E-state index in [1.54, 1.807) is 54.1 Å². The Morgan fingerprint density at radius 1 is 1.02 bits per heavy atom. The van der Waals surface area contributed by atoms with Gasteiger partial charge in [0.1, 0.15) is 5.75 Å². The maximum Gasteiger partial charge on any atom is 0.253 e. The Hall–Kier alpha value is -4.08. The Kier molecular flexibility index (Phi) is 23.7. The normalized spacial score (nSPS) is 9.54. The minimum absolute atomic E-state index is 0.0851. The van der Waals surface area contributed by atoms with Crippen LogP contribution < -0.4 is 4.90 Å². The molecule has 2 aromatic carbocycles. The number of amides is 2. The second-order valence-corrected chi connectivity index (χ2v) is 8.58. The number of hydrogen-bond acceptors (Lipinski definition) is 4. The van der Waals surface area contributed by atoms with Crippen LogP contribution in [0.1, 0.15) is 69.4 Å². The molecule has 6 heteroatoms. The maximum atomic E-state index is 12.4. The Balaban J connectivity index is 0. The first-order chi connectivity index (χ1) is 19.8. The highest BCUT2D eigenvalue weighted by Crippen LogP contribution is 2.30. The molecule has 0 aromatic heterocycles. The van der Waals surface area contributed by atoms with Crippen LogP contribution in [0.2, 0.25) is 0 Å². The SMILES string of the molecule is C#CC.C/C=C/C.C=CCCN(CC)Cc1c(O)cccc1N(C=O)Cc1ccc(C(=O)N(C)CC=C)cc1.CC. The summed E-state index contributed by atoms with van der Waals surface area (Å²) in [6.45, 7) is 22.1. The van der Waals surface area contributed by atoms with Crippen molar-refractivity contribution >= 4 is 18.0 Å². The highest BCUT2D eigenvalue weighted by molar-refractivity contribution is 5.94. The van der Waals surface area contributed by atoms with E-state index in [0.717, 1.165) is 31.5 Å². The average Bonchev–Trinajstić information content (AvgIpc) is 3.00. The first kappa shape index (κ1) is 39.1. The van der Waals surface area contributed by atoms with E-state index in [2.05, 4.69) is 37.3 Å². The predicted octanol–water partition coefficient (Wildman–Crippen LogP) is 7.46. The van der Waals surface area contributed by atoms with Crippen molar-refractivity contribution in [2.45, 2.75) is 61.1 Å². The number of benzene rings is 2. The third-order valence-corrected chi connectivity index (χ3v) is 5.68. The van der Waals surface area contributed by atoms with E-state index in [9.17, 15) is 14.7 Å². The molecule has 1 N–H and O–H groups in total. The number of carbonyl (C=O) groups is 2. The fraction of sp³-hybridized carbons (Fsp3) is 0.371. The molecule has 2 amide bonds. The number of carbonyl (C=O) groups excluding carboxylic acids is 2. The standard InChI is InChI=1S/C26H33N3O3.C4H8.C3H4.C2H6/c1-5-8-17-28(7-3)19-23-24(10-9-11-25(23)31)29(20-30)18-21-12-14-22(15-13-21)26(32)27(4)16-6-2;1-3-4-2;1-3-2;1-2/h5-6,9-15,20,31H,1-2,7-8,16-19H2,3-4H3;3-4H,1-2H3;1H,2H3;1-2H3/b;4-3+;;. The second kappa shape index (κ2) is 24.9. The van der Waals surface area contributed by atoms with Gasteiger partial charge in [0.2, 0.25) is 6.41 Å². The van der Waals surface area contributed by atoms with Gasteiger partial charge < -0.3 is 14.9 Å². The molecule has 41 heavy (non-hydrogen) atoms. The van der Waals surface area contributed by atoms with Crippen LogP contribution in [-0.4, -0.2) is 53.9 Å². The summed E-state index contributed by atoms with van der Waals surface area (Å²) in [5.74, 6) is 2.33. The molecule has 0 fully saturated rings. The summed E-state index contributed by atoms with van der Waals surface area (Å²) < 4.78 is 0. The van der Waals surface area contributed by atoms with Gasteiger partial charge in [0.25, 0.3) is 5.91 Å². The van der Waals surface area contributed by atoms with Gasteiger partial charge in [-0.3, -0.25) is 14.5 Å². The summed E-state index contributed by atoms with van der Waals surface area (Å²) in [6.07, 6.45) is 13.8. The van der Waals surface area contributed by atoms with E-state index in [1.807, 2.05) is 64.1 Å². The monoisotopic (exact) mass is 561 g/mol. The molecule has 6 nitrogen and oxygen atoms in total. The van der Waals surface area contributed by atoms with Crippen LogP contribution in [0.4, 0.5) is 5.69 Å². The van der Waals surface area contributed by atoms with Gasteiger partial charge in [-0.05, 0) is 63.6 Å². The molecular weight excluding hydrogens is 510 g/mol. The Morgan fingerprint density at radius 2 is 1.61 bits per heavy atom. The van der Waals surface area contributed by atoms with Crippen molar-refractivity contribution < 1.29 is 14.7 Å². The van der Waals surface area contributed by atoms with E-state index in [1.165, 1.54) is 0 Å². The fourth-order valence-electron chi connectivity index (χ4n) is 3.47. The number of anilines is 1. The van der Waals surface area contributed by atoms with Crippen LogP contribution >= 0.6 is 0 Å². The third kappa shape index (κ3) is 15.3. The molecule has 0 unspecified atom stereocenters. The number of allylic oxidation sites excluding steroid dienone is 2. The number of phenols is 1. The molecule has 0 aliphatic rings. The van der Waals surface area contributed by atoms with E-state index in [0.29, 0.717) is 36.4 Å². The van der Waals surface area contributed by atoms with Gasteiger partial charge in [-0.2, -0.15) is 0 Å². The van der Waals surface area contributed by atoms with Crippen molar-refractivity contribution in [3.8, 4) is 18.1 Å². The Morgan fingerprint density at radius 3 is 2.07 bits per heavy atom. The van der Waals surface area contributed by atoms with Crippen molar-refractivity contribution in [3.63, 3.8) is 0 Å². The summed E-state index contributed by atoms with van der Waals surface area (Å²) in [7, 11) is 1.73. The lowest BCUT2D eigenvalue weighted by Gasteiger charge is -2.26. The number of aromatic hydroxyl groups is 1. The van der Waals surface area contributed by atoms with Gasteiger partial charge in [-0.25, -0.2) is 0 Å². The zero-order chi connectivity index (χ0) is 31.6. The lowest BCUT2D eigenvalue weighted by atomic mass is 10.1. The van der Waals surface area contributed by atoms with E-state index in [4.69, 9.17) is 0 Å². The fourth-order valence-corrected chi connectivity index (χ4v) is 3.47. The largest absolute Gasteiger partial charge is 0.508 e. The number of rotatable bonds is 13. The molecule has 0 aliphatic heterocycles. The molecule has 0 spiro atoms. The highest BCUT2D eigenvalue weighted by Gasteiger charge is 2.17. The Labute approximate surface area is 249 Å². The van der Waals surface area contributed by atoms with Crippen LogP contribution in [0, 0.1) is 12.3 Å². The van der Waals surface area contributed by atoms with Gasteiger partial charge in [0, 0.05) is 37.8 Å². The molecule has 2 rings (SSSR count). The molecule has 0 heterocycles. The summed E-state index contributed by atoms with van der Waals surface area (Å²) >= 11 is 0.